The molecule has 0 spiro atoms. The van der Waals surface area contributed by atoms with Crippen LogP contribution in [-0.4, -0.2) is 20.6 Å². The van der Waals surface area contributed by atoms with Crippen molar-refractivity contribution in [2.45, 2.75) is 66.2 Å². The predicted octanol–water partition coefficient (Wildman–Crippen LogP) is 2.89. The summed E-state index contributed by atoms with van der Waals surface area (Å²) >= 11 is 1.12. The molecule has 0 aliphatic heterocycles. The maximum atomic E-state index is 12.8. The van der Waals surface area contributed by atoms with E-state index in [-0.39, 0.29) is 33.0 Å². The molecule has 0 bridgehead atoms. The Kier molecular flexibility index (Phi) is 5.65. The lowest BCUT2D eigenvalue weighted by Gasteiger charge is -2.29. The van der Waals surface area contributed by atoms with Gasteiger partial charge in [0, 0.05) is 18.1 Å². The minimum absolute atomic E-state index is 0.176. The van der Waals surface area contributed by atoms with Gasteiger partial charge in [0.2, 0.25) is 4.96 Å². The zero-order valence-electron chi connectivity index (χ0n) is 19.1. The predicted molar refractivity (Wildman–Crippen MR) is 122 cm³/mol. The van der Waals surface area contributed by atoms with Crippen LogP contribution in [0.1, 0.15) is 70.9 Å². The molecule has 2 aromatic heterocycles. The molecule has 3 aromatic rings. The van der Waals surface area contributed by atoms with Crippen molar-refractivity contribution in [3.05, 3.63) is 59.8 Å². The van der Waals surface area contributed by atoms with Crippen LogP contribution < -0.4 is 20.4 Å². The number of hydrogen-bond acceptors (Lipinski definition) is 7. The van der Waals surface area contributed by atoms with E-state index < -0.39 is 5.56 Å². The summed E-state index contributed by atoms with van der Waals surface area (Å²) in [6.07, 6.45) is 1.77. The number of aryl methyl sites for hydroxylation is 1. The van der Waals surface area contributed by atoms with Crippen LogP contribution in [0.15, 0.2) is 21.7 Å². The van der Waals surface area contributed by atoms with Gasteiger partial charge in [-0.3, -0.25) is 14.4 Å². The minimum atomic E-state index is -0.441. The number of carbonyl (C=O) groups is 1. The first-order valence-corrected chi connectivity index (χ1v) is 10.8. The van der Waals surface area contributed by atoms with E-state index in [1.807, 2.05) is 53.7 Å². The van der Waals surface area contributed by atoms with Crippen LogP contribution >= 0.6 is 11.3 Å². The lowest BCUT2D eigenvalue weighted by atomic mass is 9.78. The van der Waals surface area contributed by atoms with E-state index in [4.69, 9.17) is 4.74 Å². The smallest absolute Gasteiger partial charge is 0.308 e. The number of rotatable bonds is 2. The minimum Gasteiger partial charge on any atom is -0.426 e. The fourth-order valence-corrected chi connectivity index (χ4v) is 4.14. The average Bonchev–Trinajstić information content (AvgIpc) is 2.89. The van der Waals surface area contributed by atoms with Crippen LogP contribution in [0.5, 0.6) is 5.75 Å². The first-order chi connectivity index (χ1) is 14.2. The Morgan fingerprint density at radius 2 is 1.61 bits per heavy atom. The summed E-state index contributed by atoms with van der Waals surface area (Å²) in [4.78, 5) is 40.7. The second kappa shape index (κ2) is 7.67. The van der Waals surface area contributed by atoms with Gasteiger partial charge in [-0.1, -0.05) is 52.9 Å². The highest BCUT2D eigenvalue weighted by Crippen LogP contribution is 2.41. The van der Waals surface area contributed by atoms with E-state index >= 15 is 0 Å². The molecule has 0 aliphatic rings. The van der Waals surface area contributed by atoms with Crippen molar-refractivity contribution < 1.29 is 9.53 Å². The van der Waals surface area contributed by atoms with Gasteiger partial charge in [0.1, 0.15) is 11.4 Å². The lowest BCUT2D eigenvalue weighted by Crippen LogP contribution is -2.27. The van der Waals surface area contributed by atoms with Crippen molar-refractivity contribution in [2.75, 3.05) is 0 Å². The molecule has 0 saturated carbocycles. The van der Waals surface area contributed by atoms with E-state index in [9.17, 15) is 14.4 Å². The highest BCUT2D eigenvalue weighted by Gasteiger charge is 2.28. The van der Waals surface area contributed by atoms with E-state index in [2.05, 4.69) is 10.1 Å². The van der Waals surface area contributed by atoms with Crippen LogP contribution in [0.4, 0.5) is 0 Å². The Balaban J connectivity index is 2.36. The van der Waals surface area contributed by atoms with E-state index in [0.29, 0.717) is 10.3 Å². The molecule has 1 aromatic carbocycles. The van der Waals surface area contributed by atoms with Crippen LogP contribution in [0.2, 0.25) is 0 Å². The molecule has 0 N–H and O–H groups in total. The van der Waals surface area contributed by atoms with Crippen LogP contribution in [0.3, 0.4) is 0 Å². The van der Waals surface area contributed by atoms with Crippen LogP contribution in [0, 0.1) is 6.92 Å². The largest absolute Gasteiger partial charge is 0.426 e. The van der Waals surface area contributed by atoms with Crippen molar-refractivity contribution in [1.29, 1.82) is 0 Å². The Hall–Kier alpha value is -2.87. The molecule has 31 heavy (non-hydrogen) atoms. The van der Waals surface area contributed by atoms with Gasteiger partial charge in [-0.2, -0.15) is 14.6 Å². The fraction of sp³-hybridized carbons (Fsp3) is 0.435. The molecule has 0 amide bonds. The van der Waals surface area contributed by atoms with Gasteiger partial charge in [0.25, 0.3) is 11.1 Å². The van der Waals surface area contributed by atoms with Gasteiger partial charge in [0.15, 0.2) is 0 Å². The maximum Gasteiger partial charge on any atom is 0.308 e. The normalized spacial score (nSPS) is 13.1. The third kappa shape index (κ3) is 4.58. The second-order valence-electron chi connectivity index (χ2n) is 9.65. The zero-order chi connectivity index (χ0) is 23.3. The quantitative estimate of drug-likeness (QED) is 0.449. The lowest BCUT2D eigenvalue weighted by molar-refractivity contribution is -0.132. The summed E-state index contributed by atoms with van der Waals surface area (Å²) in [6.45, 7) is 15.2. The number of nitrogens with zero attached hydrogens (tertiary/aromatic N) is 3. The topological polar surface area (TPSA) is 90.6 Å². The Morgan fingerprint density at radius 3 is 2.10 bits per heavy atom. The third-order valence-electron chi connectivity index (χ3n) is 4.81. The Morgan fingerprint density at radius 1 is 1.06 bits per heavy atom. The van der Waals surface area contributed by atoms with Crippen LogP contribution in [0.25, 0.3) is 11.0 Å². The molecule has 0 saturated heterocycles. The van der Waals surface area contributed by atoms with Gasteiger partial charge < -0.3 is 4.74 Å². The van der Waals surface area contributed by atoms with E-state index in [0.717, 1.165) is 32.5 Å². The van der Waals surface area contributed by atoms with Crippen molar-refractivity contribution in [1.82, 2.24) is 14.6 Å². The maximum absolute atomic E-state index is 12.8. The number of esters is 1. The molecular weight excluding hydrogens is 414 g/mol. The monoisotopic (exact) mass is 441 g/mol. The molecule has 0 radical (unpaired) electrons. The number of aromatic nitrogens is 3. The van der Waals surface area contributed by atoms with E-state index in [1.165, 1.54) is 13.8 Å². The SMILES string of the molecule is CC(=O)Oc1c(C(C)(C)C)cc(/C=c2\sc3nc(=O)c(C)nn3c2=O)cc1C(C)(C)C. The number of hydrogen-bond donors (Lipinski definition) is 0. The summed E-state index contributed by atoms with van der Waals surface area (Å²) in [6, 6.07) is 3.88. The number of ether oxygens (including phenoxy) is 1. The number of fused-ring (bicyclic) bond motifs is 1. The molecule has 0 fully saturated rings. The molecule has 0 aliphatic carbocycles. The Bertz CT molecular complexity index is 1320. The van der Waals surface area contributed by atoms with Crippen molar-refractivity contribution in [2.24, 2.45) is 0 Å². The molecule has 164 valence electrons. The van der Waals surface area contributed by atoms with Crippen molar-refractivity contribution in [3.63, 3.8) is 0 Å². The van der Waals surface area contributed by atoms with Crippen molar-refractivity contribution >= 4 is 28.3 Å². The fourth-order valence-electron chi connectivity index (χ4n) is 3.24. The standard InChI is InChI=1S/C23H27N3O4S/c1-12-19(28)24-21-26(25-12)20(29)17(31-21)11-14-9-15(22(3,4)5)18(30-13(2)27)16(10-14)23(6,7)8/h9-11H,1-8H3/b17-11-. The molecule has 2 heterocycles. The number of benzene rings is 1. The summed E-state index contributed by atoms with van der Waals surface area (Å²) in [7, 11) is 0. The third-order valence-corrected chi connectivity index (χ3v) is 5.77. The first kappa shape index (κ1) is 22.8. The molecule has 0 atom stereocenters. The second-order valence-corrected chi connectivity index (χ2v) is 10.7. The summed E-state index contributed by atoms with van der Waals surface area (Å²) in [5.41, 5.74) is 1.35. The highest BCUT2D eigenvalue weighted by molar-refractivity contribution is 7.15. The van der Waals surface area contributed by atoms with Crippen molar-refractivity contribution in [3.8, 4) is 5.75 Å². The molecular formula is C23H27N3O4S. The first-order valence-electron chi connectivity index (χ1n) is 9.98. The summed E-state index contributed by atoms with van der Waals surface area (Å²) in [5.74, 6) is 0.184. The molecule has 7 nitrogen and oxygen atoms in total. The van der Waals surface area contributed by atoms with E-state index in [1.54, 1.807) is 6.08 Å². The van der Waals surface area contributed by atoms with Gasteiger partial charge in [-0.05, 0) is 41.5 Å². The highest BCUT2D eigenvalue weighted by atomic mass is 32.1. The summed E-state index contributed by atoms with van der Waals surface area (Å²) in [5, 5.41) is 4.06. The zero-order valence-corrected chi connectivity index (χ0v) is 19.9. The van der Waals surface area contributed by atoms with Gasteiger partial charge in [-0.15, -0.1) is 0 Å². The average molecular weight is 442 g/mol. The van der Waals surface area contributed by atoms with Gasteiger partial charge in [0.05, 0.1) is 4.53 Å². The van der Waals surface area contributed by atoms with Gasteiger partial charge in [-0.25, -0.2) is 0 Å². The van der Waals surface area contributed by atoms with Crippen LogP contribution in [-0.2, 0) is 15.6 Å². The molecule has 0 unspecified atom stereocenters. The number of carbonyl (C=O) groups excluding carboxylic acids is 1. The molecule has 8 heteroatoms. The number of thiazole rings is 1. The Labute approximate surface area is 184 Å². The van der Waals surface area contributed by atoms with Gasteiger partial charge >= 0.3 is 5.97 Å². The molecule has 3 rings (SSSR count). The summed E-state index contributed by atoms with van der Waals surface area (Å²) < 4.78 is 7.25.